The summed E-state index contributed by atoms with van der Waals surface area (Å²) in [5.74, 6) is 0.750. The largest absolute Gasteiger partial charge is 0.461 e. The van der Waals surface area contributed by atoms with Crippen molar-refractivity contribution >= 4 is 17.4 Å². The van der Waals surface area contributed by atoms with Crippen molar-refractivity contribution in [2.24, 2.45) is 22.7 Å². The smallest absolute Gasteiger partial charge is 0.302 e. The first-order chi connectivity index (χ1) is 12.6. The highest BCUT2D eigenvalue weighted by molar-refractivity contribution is 6.07. The van der Waals surface area contributed by atoms with E-state index in [4.69, 9.17) is 9.73 Å². The van der Waals surface area contributed by atoms with Crippen molar-refractivity contribution < 1.29 is 14.6 Å². The minimum Gasteiger partial charge on any atom is -0.461 e. The summed E-state index contributed by atoms with van der Waals surface area (Å²) < 4.78 is 6.07. The van der Waals surface area contributed by atoms with E-state index >= 15 is 0 Å². The topological polar surface area (TPSA) is 62.1 Å². The van der Waals surface area contributed by atoms with E-state index in [0.29, 0.717) is 11.8 Å². The number of carbonyl (C=O) groups excluding carboxylic acids is 1. The van der Waals surface area contributed by atoms with Crippen molar-refractivity contribution in [2.45, 2.75) is 62.9 Å². The second-order valence-corrected chi connectivity index (χ2v) is 8.71. The van der Waals surface area contributed by atoms with E-state index in [1.54, 1.807) is 0 Å². The summed E-state index contributed by atoms with van der Waals surface area (Å²) in [6.07, 6.45) is 2.34. The van der Waals surface area contributed by atoms with E-state index < -0.39 is 6.23 Å². The molecule has 4 saturated heterocycles. The third-order valence-electron chi connectivity index (χ3n) is 7.94. The van der Waals surface area contributed by atoms with E-state index in [2.05, 4.69) is 30.0 Å². The average molecular weight is 352 g/mol. The zero-order chi connectivity index (χ0) is 17.8. The summed E-state index contributed by atoms with van der Waals surface area (Å²) in [4.78, 5) is 19.4. The van der Waals surface area contributed by atoms with Gasteiger partial charge in [0.1, 0.15) is 12.3 Å². The number of para-hydroxylation sites is 1. The predicted molar refractivity (Wildman–Crippen MR) is 96.2 cm³/mol. The van der Waals surface area contributed by atoms with Crippen molar-refractivity contribution in [2.75, 3.05) is 0 Å². The minimum absolute atomic E-state index is 0.158. The number of nitrogens with zero attached hydrogens (tertiary/aromatic N) is 2. The van der Waals surface area contributed by atoms with Gasteiger partial charge in [0.15, 0.2) is 0 Å². The molecule has 5 aliphatic heterocycles. The summed E-state index contributed by atoms with van der Waals surface area (Å²) in [5, 5.41) is 11.1. The van der Waals surface area contributed by atoms with Crippen LogP contribution in [0.3, 0.4) is 0 Å². The Balaban J connectivity index is 1.60. The van der Waals surface area contributed by atoms with Crippen LogP contribution in [-0.4, -0.2) is 46.1 Å². The highest BCUT2D eigenvalue weighted by Crippen LogP contribution is 2.67. The number of hydrogen-bond acceptors (Lipinski definition) is 5. The molecule has 1 aliphatic carbocycles. The zero-order valence-electron chi connectivity index (χ0n) is 15.1. The third kappa shape index (κ3) is 1.49. The van der Waals surface area contributed by atoms with Crippen molar-refractivity contribution in [3.05, 3.63) is 29.8 Å². The Bertz CT molecular complexity index is 851. The van der Waals surface area contributed by atoms with Gasteiger partial charge in [0.05, 0.1) is 22.9 Å². The van der Waals surface area contributed by atoms with Crippen LogP contribution in [0, 0.1) is 17.8 Å². The van der Waals surface area contributed by atoms with Crippen LogP contribution in [0.25, 0.3) is 0 Å². The van der Waals surface area contributed by atoms with E-state index in [1.807, 2.05) is 6.07 Å². The summed E-state index contributed by atoms with van der Waals surface area (Å²) in [5.41, 5.74) is 3.10. The van der Waals surface area contributed by atoms with Gasteiger partial charge in [-0.3, -0.25) is 14.7 Å². The first-order valence-corrected chi connectivity index (χ1v) is 9.89. The van der Waals surface area contributed by atoms with Crippen LogP contribution in [0.2, 0.25) is 0 Å². The Morgan fingerprint density at radius 1 is 1.42 bits per heavy atom. The van der Waals surface area contributed by atoms with Gasteiger partial charge < -0.3 is 9.84 Å². The minimum atomic E-state index is -0.398. The van der Waals surface area contributed by atoms with Crippen LogP contribution >= 0.6 is 0 Å². The molecule has 1 saturated carbocycles. The summed E-state index contributed by atoms with van der Waals surface area (Å²) in [6, 6.07) is 8.79. The fourth-order valence-electron chi connectivity index (χ4n) is 7.30. The molecule has 0 aromatic heterocycles. The number of benzene rings is 1. The molecule has 5 bridgehead atoms. The number of rotatable bonds is 2. The number of ether oxygens (including phenoxy) is 1. The number of fused-ring (bicyclic) bond motifs is 2. The highest BCUT2D eigenvalue weighted by Gasteiger charge is 2.75. The van der Waals surface area contributed by atoms with Crippen LogP contribution in [0.4, 0.5) is 5.69 Å². The normalized spacial score (nSPS) is 49.0. The Morgan fingerprint density at radius 3 is 3.00 bits per heavy atom. The Hall–Kier alpha value is -1.72. The van der Waals surface area contributed by atoms with Crippen LogP contribution in [0.15, 0.2) is 29.3 Å². The fraction of sp³-hybridized carbons (Fsp3) is 0.619. The maximum Gasteiger partial charge on any atom is 0.302 e. The van der Waals surface area contributed by atoms with Crippen LogP contribution in [0.5, 0.6) is 0 Å². The van der Waals surface area contributed by atoms with Gasteiger partial charge in [-0.1, -0.05) is 25.1 Å². The monoisotopic (exact) mass is 352 g/mol. The molecular weight excluding hydrogens is 328 g/mol. The van der Waals surface area contributed by atoms with Crippen LogP contribution in [0.1, 0.15) is 38.7 Å². The lowest BCUT2D eigenvalue weighted by molar-refractivity contribution is -0.199. The molecular formula is C21H24N2O3. The van der Waals surface area contributed by atoms with E-state index in [-0.39, 0.29) is 35.5 Å². The molecule has 26 heavy (non-hydrogen) atoms. The molecule has 7 rings (SSSR count). The number of aliphatic hydroxyl groups is 1. The maximum atomic E-state index is 12.1. The molecule has 5 heterocycles. The molecule has 5 heteroatoms. The van der Waals surface area contributed by atoms with Crippen molar-refractivity contribution in [3.8, 4) is 0 Å². The summed E-state index contributed by atoms with van der Waals surface area (Å²) in [6.45, 7) is 3.69. The molecule has 5 nitrogen and oxygen atoms in total. The van der Waals surface area contributed by atoms with Gasteiger partial charge in [0.2, 0.25) is 0 Å². The van der Waals surface area contributed by atoms with E-state index in [9.17, 15) is 9.90 Å². The maximum absolute atomic E-state index is 12.1. The Labute approximate surface area is 153 Å². The first kappa shape index (κ1) is 15.3. The molecule has 1 N–H and O–H groups in total. The molecule has 1 aromatic rings. The predicted octanol–water partition coefficient (Wildman–Crippen LogP) is 2.39. The second kappa shape index (κ2) is 4.76. The number of esters is 1. The van der Waals surface area contributed by atoms with E-state index in [1.165, 1.54) is 12.5 Å². The van der Waals surface area contributed by atoms with Gasteiger partial charge >= 0.3 is 5.97 Å². The van der Waals surface area contributed by atoms with Gasteiger partial charge in [-0.15, -0.1) is 0 Å². The number of carbonyl (C=O) groups is 1. The number of aliphatic hydroxyl groups excluding tert-OH is 1. The van der Waals surface area contributed by atoms with Crippen molar-refractivity contribution in [3.63, 3.8) is 0 Å². The van der Waals surface area contributed by atoms with E-state index in [0.717, 1.165) is 30.7 Å². The molecule has 1 aromatic carbocycles. The second-order valence-electron chi connectivity index (χ2n) is 8.71. The van der Waals surface area contributed by atoms with Gasteiger partial charge in [-0.25, -0.2) is 0 Å². The number of piperidine rings is 4. The molecule has 5 fully saturated rings. The number of aliphatic imine (C=N–C) groups is 1. The molecule has 6 aliphatic rings. The van der Waals surface area contributed by atoms with Gasteiger partial charge in [0, 0.05) is 24.8 Å². The number of hydrogen-bond donors (Lipinski definition) is 1. The van der Waals surface area contributed by atoms with Crippen LogP contribution < -0.4 is 0 Å². The van der Waals surface area contributed by atoms with Crippen molar-refractivity contribution in [1.29, 1.82) is 0 Å². The molecule has 0 amide bonds. The SMILES string of the molecule is CC[C@@H]1[C@@H]2C[C@H]3C4=Nc5ccccc5[C@]45C[C@@H]([C@H]2[C@H]5OC(C)=O)N3[C@@H]1O. The third-order valence-corrected chi connectivity index (χ3v) is 7.94. The molecule has 0 radical (unpaired) electrons. The zero-order valence-corrected chi connectivity index (χ0v) is 15.1. The van der Waals surface area contributed by atoms with Gasteiger partial charge in [0.25, 0.3) is 0 Å². The lowest BCUT2D eigenvalue weighted by atomic mass is 9.63. The average Bonchev–Trinajstić information content (AvgIpc) is 3.08. The highest BCUT2D eigenvalue weighted by atomic mass is 16.5. The lowest BCUT2D eigenvalue weighted by Crippen LogP contribution is -2.70. The molecule has 1 unspecified atom stereocenters. The quantitative estimate of drug-likeness (QED) is 0.830. The van der Waals surface area contributed by atoms with Crippen LogP contribution in [-0.2, 0) is 14.9 Å². The van der Waals surface area contributed by atoms with Gasteiger partial charge in [-0.2, -0.15) is 0 Å². The summed E-state index contributed by atoms with van der Waals surface area (Å²) >= 11 is 0. The molecule has 1 spiro atoms. The Kier molecular flexibility index (Phi) is 2.81. The van der Waals surface area contributed by atoms with Crippen molar-refractivity contribution in [1.82, 2.24) is 4.90 Å². The lowest BCUT2D eigenvalue weighted by Gasteiger charge is -2.60. The standard InChI is InChI=1S/C21H24N2O3/c1-3-11-12-8-15-18-21(13-6-4-5-7-14(13)22-18)9-16(23(15)20(11)25)17(12)19(21)26-10(2)24/h4-7,11-12,15-17,19-20,25H,3,8-9H2,1-2H3/t11-,12+,15+,16+,17+,19-,20-,21-/m1/s1. The van der Waals surface area contributed by atoms with Gasteiger partial charge in [-0.05, 0) is 36.8 Å². The summed E-state index contributed by atoms with van der Waals surface area (Å²) in [7, 11) is 0. The molecule has 9 atom stereocenters. The first-order valence-electron chi connectivity index (χ1n) is 9.89. The Morgan fingerprint density at radius 2 is 2.23 bits per heavy atom. The molecule has 136 valence electrons. The fourth-order valence-corrected chi connectivity index (χ4v) is 7.30.